The Kier molecular flexibility index (Phi) is 2.94. The molecule has 1 amide bonds. The summed E-state index contributed by atoms with van der Waals surface area (Å²) in [5.41, 5.74) is 0.707. The molecule has 5 nitrogen and oxygen atoms in total. The van der Waals surface area contributed by atoms with E-state index in [1.165, 1.54) is 11.8 Å². The van der Waals surface area contributed by atoms with Crippen LogP contribution in [0.2, 0.25) is 0 Å². The minimum absolute atomic E-state index is 0.0356. The summed E-state index contributed by atoms with van der Waals surface area (Å²) in [5, 5.41) is 13.6. The molecule has 1 N–H and O–H groups in total. The number of phenols is 1. The predicted octanol–water partition coefficient (Wildman–Crippen LogP) is 2.47. The molecule has 0 bridgehead atoms. The summed E-state index contributed by atoms with van der Waals surface area (Å²) in [6, 6.07) is 8.74. The number of phenolic OH excluding ortho intramolecular Hbond substituents is 1. The van der Waals surface area contributed by atoms with Crippen molar-refractivity contribution in [2.45, 2.75) is 12.3 Å². The number of aromatic hydroxyl groups is 1. The normalized spacial score (nSPS) is 19.1. The molecule has 1 atom stereocenters. The molecule has 6 heteroatoms. The fraction of sp³-hybridized carbons (Fsp3) is 0.231. The van der Waals surface area contributed by atoms with Gasteiger partial charge in [-0.05, 0) is 13.0 Å². The second kappa shape index (κ2) is 4.62. The van der Waals surface area contributed by atoms with E-state index in [0.29, 0.717) is 22.9 Å². The van der Waals surface area contributed by atoms with Crippen LogP contribution in [-0.4, -0.2) is 21.9 Å². The van der Waals surface area contributed by atoms with Crippen LogP contribution < -0.4 is 4.90 Å². The quantitative estimate of drug-likeness (QED) is 0.912. The summed E-state index contributed by atoms with van der Waals surface area (Å²) >= 11 is 1.46. The number of carbonyl (C=O) groups is 1. The molecule has 1 aromatic carbocycles. The zero-order chi connectivity index (χ0) is 13.4. The van der Waals surface area contributed by atoms with Gasteiger partial charge in [-0.15, -0.1) is 11.8 Å². The van der Waals surface area contributed by atoms with E-state index in [0.717, 1.165) is 0 Å². The molecule has 0 saturated carbocycles. The van der Waals surface area contributed by atoms with Gasteiger partial charge in [-0.25, -0.2) is 0 Å². The Labute approximate surface area is 114 Å². The van der Waals surface area contributed by atoms with Crippen molar-refractivity contribution >= 4 is 23.5 Å². The molecule has 98 valence electrons. The van der Waals surface area contributed by atoms with Gasteiger partial charge in [-0.1, -0.05) is 23.4 Å². The van der Waals surface area contributed by atoms with Crippen molar-refractivity contribution in [1.82, 2.24) is 5.16 Å². The highest BCUT2D eigenvalue weighted by molar-refractivity contribution is 8.00. The second-order valence-electron chi connectivity index (χ2n) is 4.28. The Morgan fingerprint density at radius 3 is 2.95 bits per heavy atom. The lowest BCUT2D eigenvalue weighted by Crippen LogP contribution is -2.28. The molecule has 0 aliphatic carbocycles. The van der Waals surface area contributed by atoms with Crippen molar-refractivity contribution in [2.75, 3.05) is 10.7 Å². The third-order valence-electron chi connectivity index (χ3n) is 2.93. The maximum absolute atomic E-state index is 12.0. The van der Waals surface area contributed by atoms with Crippen LogP contribution in [0.15, 0.2) is 34.9 Å². The number of benzene rings is 1. The molecule has 1 aliphatic rings. The second-order valence-corrected chi connectivity index (χ2v) is 5.35. The first kappa shape index (κ1) is 12.1. The molecule has 0 spiro atoms. The Morgan fingerprint density at radius 1 is 1.47 bits per heavy atom. The van der Waals surface area contributed by atoms with Crippen molar-refractivity contribution in [2.24, 2.45) is 0 Å². The Balaban J connectivity index is 2.02. The number of aryl methyl sites for hydroxylation is 1. The monoisotopic (exact) mass is 276 g/mol. The van der Waals surface area contributed by atoms with Gasteiger partial charge in [0.15, 0.2) is 5.82 Å². The fourth-order valence-corrected chi connectivity index (χ4v) is 3.26. The zero-order valence-electron chi connectivity index (χ0n) is 10.2. The summed E-state index contributed by atoms with van der Waals surface area (Å²) < 4.78 is 5.02. The number of hydrogen-bond donors (Lipinski definition) is 1. The Bertz CT molecular complexity index is 626. The molecular formula is C13H12N2O3S. The van der Waals surface area contributed by atoms with Gasteiger partial charge in [0.25, 0.3) is 0 Å². The molecule has 1 unspecified atom stereocenters. The molecule has 2 heterocycles. The smallest absolute Gasteiger partial charge is 0.239 e. The van der Waals surface area contributed by atoms with Crippen LogP contribution in [0.25, 0.3) is 0 Å². The molecule has 0 radical (unpaired) electrons. The van der Waals surface area contributed by atoms with Crippen molar-refractivity contribution in [3.05, 3.63) is 41.7 Å². The molecule has 1 aromatic heterocycles. The van der Waals surface area contributed by atoms with Gasteiger partial charge in [-0.2, -0.15) is 0 Å². The van der Waals surface area contributed by atoms with E-state index in [1.807, 2.05) is 12.1 Å². The van der Waals surface area contributed by atoms with Gasteiger partial charge in [0.05, 0.1) is 5.75 Å². The number of aromatic nitrogens is 1. The molecular weight excluding hydrogens is 264 g/mol. The third kappa shape index (κ3) is 2.08. The first-order chi connectivity index (χ1) is 9.16. The van der Waals surface area contributed by atoms with Crippen molar-refractivity contribution in [1.29, 1.82) is 0 Å². The van der Waals surface area contributed by atoms with Crippen LogP contribution in [0.3, 0.4) is 0 Å². The maximum atomic E-state index is 12.0. The van der Waals surface area contributed by atoms with E-state index in [1.54, 1.807) is 30.0 Å². The highest BCUT2D eigenvalue weighted by Crippen LogP contribution is 2.44. The van der Waals surface area contributed by atoms with Gasteiger partial charge in [0, 0.05) is 11.6 Å². The zero-order valence-corrected chi connectivity index (χ0v) is 11.1. The van der Waals surface area contributed by atoms with Crippen molar-refractivity contribution in [3.63, 3.8) is 0 Å². The van der Waals surface area contributed by atoms with Crippen LogP contribution in [0, 0.1) is 6.92 Å². The summed E-state index contributed by atoms with van der Waals surface area (Å²) in [6.45, 7) is 1.78. The highest BCUT2D eigenvalue weighted by atomic mass is 32.2. The number of para-hydroxylation sites is 1. The van der Waals surface area contributed by atoms with Gasteiger partial charge in [-0.3, -0.25) is 9.69 Å². The van der Waals surface area contributed by atoms with Gasteiger partial charge in [0.2, 0.25) is 5.91 Å². The summed E-state index contributed by atoms with van der Waals surface area (Å²) in [6.07, 6.45) is 0. The Hall–Kier alpha value is -1.95. The van der Waals surface area contributed by atoms with Gasteiger partial charge in [0.1, 0.15) is 16.9 Å². The number of carbonyl (C=O) groups excluding carboxylic acids is 1. The van der Waals surface area contributed by atoms with E-state index in [-0.39, 0.29) is 17.0 Å². The highest BCUT2D eigenvalue weighted by Gasteiger charge is 2.36. The van der Waals surface area contributed by atoms with Crippen LogP contribution in [0.4, 0.5) is 5.82 Å². The molecule has 1 aliphatic heterocycles. The molecule has 2 aromatic rings. The van der Waals surface area contributed by atoms with Crippen LogP contribution in [0.5, 0.6) is 5.75 Å². The first-order valence-corrected chi connectivity index (χ1v) is 6.86. The maximum Gasteiger partial charge on any atom is 0.239 e. The number of hydrogen-bond acceptors (Lipinski definition) is 5. The third-order valence-corrected chi connectivity index (χ3v) is 4.13. The lowest BCUT2D eigenvalue weighted by molar-refractivity contribution is -0.115. The summed E-state index contributed by atoms with van der Waals surface area (Å²) in [7, 11) is 0. The number of nitrogens with zero attached hydrogens (tertiary/aromatic N) is 2. The van der Waals surface area contributed by atoms with E-state index in [9.17, 15) is 9.90 Å². The van der Waals surface area contributed by atoms with Crippen molar-refractivity contribution in [3.8, 4) is 5.75 Å². The van der Waals surface area contributed by atoms with Gasteiger partial charge < -0.3 is 9.63 Å². The van der Waals surface area contributed by atoms with E-state index >= 15 is 0 Å². The standard InChI is InChI=1S/C13H12N2O3S/c1-8-6-11(14-18-8)15-12(17)7-19-13(15)9-4-2-3-5-10(9)16/h2-6,13,16H,7H2,1H3. The van der Waals surface area contributed by atoms with Gasteiger partial charge >= 0.3 is 0 Å². The molecule has 1 saturated heterocycles. The van der Waals surface area contributed by atoms with Crippen LogP contribution >= 0.6 is 11.8 Å². The van der Waals surface area contributed by atoms with Crippen LogP contribution in [-0.2, 0) is 4.79 Å². The number of rotatable bonds is 2. The first-order valence-electron chi connectivity index (χ1n) is 5.81. The lowest BCUT2D eigenvalue weighted by atomic mass is 10.2. The lowest BCUT2D eigenvalue weighted by Gasteiger charge is -2.21. The predicted molar refractivity (Wildman–Crippen MR) is 72.0 cm³/mol. The fourth-order valence-electron chi connectivity index (χ4n) is 2.06. The molecule has 19 heavy (non-hydrogen) atoms. The van der Waals surface area contributed by atoms with E-state index < -0.39 is 0 Å². The number of amides is 1. The summed E-state index contributed by atoms with van der Waals surface area (Å²) in [5.74, 6) is 1.65. The molecule has 1 fully saturated rings. The van der Waals surface area contributed by atoms with Crippen LogP contribution in [0.1, 0.15) is 16.7 Å². The number of thioether (sulfide) groups is 1. The topological polar surface area (TPSA) is 66.6 Å². The van der Waals surface area contributed by atoms with E-state index in [4.69, 9.17) is 4.52 Å². The number of anilines is 1. The Morgan fingerprint density at radius 2 is 2.26 bits per heavy atom. The average Bonchev–Trinajstić information content (AvgIpc) is 2.96. The van der Waals surface area contributed by atoms with Crippen molar-refractivity contribution < 1.29 is 14.4 Å². The largest absolute Gasteiger partial charge is 0.508 e. The minimum Gasteiger partial charge on any atom is -0.508 e. The average molecular weight is 276 g/mol. The summed E-state index contributed by atoms with van der Waals surface area (Å²) in [4.78, 5) is 13.6. The SMILES string of the molecule is Cc1cc(N2C(=O)CSC2c2ccccc2O)no1. The van der Waals surface area contributed by atoms with E-state index in [2.05, 4.69) is 5.16 Å². The molecule has 3 rings (SSSR count). The minimum atomic E-state index is -0.266.